The Balaban J connectivity index is 1.62. The van der Waals surface area contributed by atoms with Crippen LogP contribution in [-0.2, 0) is 0 Å². The molecule has 1 aromatic carbocycles. The molecule has 2 aliphatic rings. The van der Waals surface area contributed by atoms with Crippen LogP contribution < -0.4 is 10.1 Å². The third kappa shape index (κ3) is 3.09. The van der Waals surface area contributed by atoms with Gasteiger partial charge in [0.25, 0.3) is 0 Å². The zero-order chi connectivity index (χ0) is 14.9. The number of hydrogen-bond acceptors (Lipinski definition) is 3. The van der Waals surface area contributed by atoms with Crippen molar-refractivity contribution in [1.82, 2.24) is 5.32 Å². The van der Waals surface area contributed by atoms with E-state index in [1.165, 1.54) is 0 Å². The number of halogens is 1. The Morgan fingerprint density at radius 1 is 1.43 bits per heavy atom. The molecule has 114 valence electrons. The zero-order valence-corrected chi connectivity index (χ0v) is 13.2. The van der Waals surface area contributed by atoms with Gasteiger partial charge < -0.3 is 10.1 Å². The molecule has 0 atom stereocenters. The molecule has 0 aromatic heterocycles. The van der Waals surface area contributed by atoms with Crippen LogP contribution in [0.2, 0.25) is 5.02 Å². The Bertz CT molecular complexity index is 532. The number of ether oxygens (including phenoxy) is 1. The number of carbonyl (C=O) groups is 1. The molecule has 3 nitrogen and oxygen atoms in total. The lowest BCUT2D eigenvalue weighted by molar-refractivity contribution is -0.0495. The number of nitrogens with one attached hydrogen (secondary N) is 1. The summed E-state index contributed by atoms with van der Waals surface area (Å²) in [6, 6.07) is 5.45. The van der Waals surface area contributed by atoms with Crippen molar-refractivity contribution >= 4 is 17.4 Å². The van der Waals surface area contributed by atoms with E-state index in [4.69, 9.17) is 16.3 Å². The molecular formula is C17H22ClNO2. The van der Waals surface area contributed by atoms with Gasteiger partial charge in [0, 0.05) is 30.5 Å². The van der Waals surface area contributed by atoms with Gasteiger partial charge in [0.05, 0.1) is 11.1 Å². The van der Waals surface area contributed by atoms with E-state index in [1.54, 1.807) is 6.07 Å². The minimum absolute atomic E-state index is 0.112. The minimum Gasteiger partial charge on any atom is -0.490 e. The number of rotatable bonds is 6. The fourth-order valence-electron chi connectivity index (χ4n) is 3.21. The highest BCUT2D eigenvalue weighted by Crippen LogP contribution is 2.45. The highest BCUT2D eigenvalue weighted by atomic mass is 35.5. The van der Waals surface area contributed by atoms with Crippen LogP contribution in [0.4, 0.5) is 0 Å². The molecule has 1 saturated heterocycles. The van der Waals surface area contributed by atoms with Gasteiger partial charge in [0.1, 0.15) is 5.75 Å². The van der Waals surface area contributed by atoms with Crippen LogP contribution in [0.15, 0.2) is 18.2 Å². The average Bonchev–Trinajstić information content (AvgIpc) is 2.39. The maximum atomic E-state index is 12.2. The summed E-state index contributed by atoms with van der Waals surface area (Å²) in [5.41, 5.74) is 1.10. The summed E-state index contributed by atoms with van der Waals surface area (Å²) in [6.07, 6.45) is 4.98. The van der Waals surface area contributed by atoms with Crippen LogP contribution in [0.25, 0.3) is 0 Å². The molecule has 1 aliphatic carbocycles. The number of ketones is 1. The Morgan fingerprint density at radius 2 is 2.19 bits per heavy atom. The zero-order valence-electron chi connectivity index (χ0n) is 12.5. The lowest BCUT2D eigenvalue weighted by Gasteiger charge is -2.53. The highest BCUT2D eigenvalue weighted by Gasteiger charge is 2.49. The number of Topliss-reactive ketones (excluding diaryl/α,β-unsaturated/α-hetero) is 1. The largest absolute Gasteiger partial charge is 0.490 e. The van der Waals surface area contributed by atoms with Crippen molar-refractivity contribution in [2.24, 2.45) is 5.41 Å². The first-order chi connectivity index (χ1) is 10.1. The van der Waals surface area contributed by atoms with Crippen molar-refractivity contribution in [3.05, 3.63) is 28.8 Å². The molecule has 1 N–H and O–H groups in total. The summed E-state index contributed by atoms with van der Waals surface area (Å²) >= 11 is 6.15. The maximum Gasteiger partial charge on any atom is 0.164 e. The second kappa shape index (κ2) is 5.98. The number of hydrogen-bond donors (Lipinski definition) is 1. The molecule has 0 unspecified atom stereocenters. The molecule has 0 amide bonds. The molecule has 1 aliphatic heterocycles. The first-order valence-electron chi connectivity index (χ1n) is 7.82. The van der Waals surface area contributed by atoms with Crippen LogP contribution in [0.3, 0.4) is 0 Å². The number of benzene rings is 1. The third-order valence-electron chi connectivity index (χ3n) is 4.62. The summed E-state index contributed by atoms with van der Waals surface area (Å²) in [7, 11) is 0. The maximum absolute atomic E-state index is 12.2. The normalized spacial score (nSPS) is 19.9. The Hall–Kier alpha value is -1.06. The van der Waals surface area contributed by atoms with Crippen molar-refractivity contribution in [1.29, 1.82) is 0 Å². The van der Waals surface area contributed by atoms with Crippen molar-refractivity contribution in [3.63, 3.8) is 0 Å². The molecule has 1 saturated carbocycles. The summed E-state index contributed by atoms with van der Waals surface area (Å²) in [5, 5.41) is 3.85. The van der Waals surface area contributed by atoms with Gasteiger partial charge in [-0.05, 0) is 37.5 Å². The van der Waals surface area contributed by atoms with E-state index in [0.29, 0.717) is 22.4 Å². The van der Waals surface area contributed by atoms with Crippen LogP contribution in [-0.4, -0.2) is 25.0 Å². The molecule has 1 aromatic rings. The molecule has 1 spiro atoms. The molecule has 1 heterocycles. The van der Waals surface area contributed by atoms with Gasteiger partial charge in [0.2, 0.25) is 0 Å². The highest BCUT2D eigenvalue weighted by molar-refractivity contribution is 6.34. The van der Waals surface area contributed by atoms with Crippen molar-refractivity contribution < 1.29 is 9.53 Å². The SMILES string of the molecule is CCCCC(=O)c1cc(OC2CC3(CNC3)C2)ccc1Cl. The number of unbranched alkanes of at least 4 members (excludes halogenated alkanes) is 1. The Labute approximate surface area is 131 Å². The summed E-state index contributed by atoms with van der Waals surface area (Å²) in [6.45, 7) is 4.32. The predicted molar refractivity (Wildman–Crippen MR) is 84.3 cm³/mol. The Morgan fingerprint density at radius 3 is 2.81 bits per heavy atom. The molecule has 2 fully saturated rings. The lowest BCUT2D eigenvalue weighted by atomic mass is 9.63. The summed E-state index contributed by atoms with van der Waals surface area (Å²) < 4.78 is 5.99. The van der Waals surface area contributed by atoms with Gasteiger partial charge in [-0.2, -0.15) is 0 Å². The van der Waals surface area contributed by atoms with Crippen molar-refractivity contribution in [3.8, 4) is 5.75 Å². The second-order valence-electron chi connectivity index (χ2n) is 6.42. The van der Waals surface area contributed by atoms with Gasteiger partial charge in [-0.3, -0.25) is 4.79 Å². The second-order valence-corrected chi connectivity index (χ2v) is 6.83. The molecular weight excluding hydrogens is 286 g/mol. The number of carbonyl (C=O) groups excluding carboxylic acids is 1. The smallest absolute Gasteiger partial charge is 0.164 e. The van der Waals surface area contributed by atoms with E-state index in [1.807, 2.05) is 12.1 Å². The topological polar surface area (TPSA) is 38.3 Å². The fourth-order valence-corrected chi connectivity index (χ4v) is 3.44. The molecule has 0 radical (unpaired) electrons. The van der Waals surface area contributed by atoms with Gasteiger partial charge in [-0.15, -0.1) is 0 Å². The third-order valence-corrected chi connectivity index (χ3v) is 4.95. The molecule has 0 bridgehead atoms. The van der Waals surface area contributed by atoms with E-state index in [9.17, 15) is 4.79 Å². The monoisotopic (exact) mass is 307 g/mol. The van der Waals surface area contributed by atoms with Crippen LogP contribution in [0.1, 0.15) is 49.4 Å². The van der Waals surface area contributed by atoms with Gasteiger partial charge in [-0.25, -0.2) is 0 Å². The van der Waals surface area contributed by atoms with E-state index in [-0.39, 0.29) is 11.9 Å². The van der Waals surface area contributed by atoms with Gasteiger partial charge in [0.15, 0.2) is 5.78 Å². The van der Waals surface area contributed by atoms with Crippen LogP contribution >= 0.6 is 11.6 Å². The predicted octanol–water partition coefficient (Wildman–Crippen LogP) is 3.84. The minimum atomic E-state index is 0.112. The van der Waals surface area contributed by atoms with Crippen LogP contribution in [0.5, 0.6) is 5.75 Å². The lowest BCUT2D eigenvalue weighted by Crippen LogP contribution is -2.62. The Kier molecular flexibility index (Phi) is 4.23. The van der Waals surface area contributed by atoms with Crippen molar-refractivity contribution in [2.75, 3.05) is 13.1 Å². The van der Waals surface area contributed by atoms with E-state index in [2.05, 4.69) is 12.2 Å². The standard InChI is InChI=1S/C17H22ClNO2/c1-2-3-4-16(20)14-7-12(5-6-15(14)18)21-13-8-17(9-13)10-19-11-17/h5-7,13,19H,2-4,8-11H2,1H3. The van der Waals surface area contributed by atoms with E-state index >= 15 is 0 Å². The average molecular weight is 308 g/mol. The summed E-state index contributed by atoms with van der Waals surface area (Å²) in [5.74, 6) is 0.881. The summed E-state index contributed by atoms with van der Waals surface area (Å²) in [4.78, 5) is 12.2. The quantitative estimate of drug-likeness (QED) is 0.811. The van der Waals surface area contributed by atoms with E-state index in [0.717, 1.165) is 44.5 Å². The first-order valence-corrected chi connectivity index (χ1v) is 8.20. The molecule has 3 rings (SSSR count). The van der Waals surface area contributed by atoms with Gasteiger partial charge in [-0.1, -0.05) is 24.9 Å². The fraction of sp³-hybridized carbons (Fsp3) is 0.588. The molecule has 21 heavy (non-hydrogen) atoms. The van der Waals surface area contributed by atoms with Gasteiger partial charge >= 0.3 is 0 Å². The molecule has 4 heteroatoms. The first kappa shape index (κ1) is 14.9. The van der Waals surface area contributed by atoms with Crippen molar-refractivity contribution in [2.45, 2.75) is 45.1 Å². The van der Waals surface area contributed by atoms with E-state index < -0.39 is 0 Å². The van der Waals surface area contributed by atoms with Crippen LogP contribution in [0, 0.1) is 5.41 Å².